The van der Waals surface area contributed by atoms with Crippen LogP contribution in [0.5, 0.6) is 0 Å². The number of aliphatic hydroxyl groups excluding tert-OH is 3. The Morgan fingerprint density at radius 1 is 0.658 bits per heavy atom. The van der Waals surface area contributed by atoms with Gasteiger partial charge in [0.25, 0.3) is 17.1 Å². The van der Waals surface area contributed by atoms with Gasteiger partial charge in [0.15, 0.2) is 41.4 Å². The maximum absolute atomic E-state index is 13.7. The molecule has 43 heteroatoms. The number of hydrogen-bond donors (Lipinski definition) is 12. The van der Waals surface area contributed by atoms with Crippen molar-refractivity contribution in [1.29, 1.82) is 0 Å². The van der Waals surface area contributed by atoms with Gasteiger partial charge in [-0.2, -0.15) is 13.6 Å². The standard InChI is InChI=1S/C33H45N15O24P4/c1-45-10-48(26-16(45)28(53)44-33(36)42-26)30-19(51)20(62-2)12(68-30)5-65-74(56,57)71-76(60,61)72-75(58,59)66-6-13-21(22(63-3)31(69-13)46-8-39-14-23(34)37-7-38-24(14)46)70-73(54,55)64-4-11-17(49)18(50)29(67-11)47-9-40-15-25(47)41-32(35)43-27(15)52/h7-13,17-22,29-31,49-51H,4-6H2,1-3H3,(H11-,34,35,36,37,38,41,42,43,44,52,53,54,55,56,57,58,59,60,61)/p+1/t11-,12-,13-,17?,18+,19?,20+,21?,22+,29-,30-,31-/m1/s1. The number of aromatic nitrogens is 12. The van der Waals surface area contributed by atoms with Crippen LogP contribution >= 0.6 is 31.3 Å². The zero-order valence-corrected chi connectivity index (χ0v) is 42.5. The minimum absolute atomic E-state index is 0.0137. The molecular formula is C33H46N15O24P4+. The molecule has 3 aliphatic heterocycles. The number of rotatable bonds is 20. The number of phosphoric ester groups is 3. The summed E-state index contributed by atoms with van der Waals surface area (Å²) in [6.45, 7) is -3.25. The van der Waals surface area contributed by atoms with Crippen LogP contribution in [-0.2, 0) is 75.7 Å². The first-order valence-electron chi connectivity index (χ1n) is 21.5. The fraction of sp³-hybridized carbons (Fsp3) is 0.545. The van der Waals surface area contributed by atoms with Gasteiger partial charge in [-0.15, -0.1) is 0 Å². The average molecular weight is 1160 g/mol. The number of aromatic amines is 2. The Labute approximate surface area is 421 Å². The van der Waals surface area contributed by atoms with E-state index in [1.54, 1.807) is 0 Å². The largest absolute Gasteiger partial charge is 0.490 e. The lowest BCUT2D eigenvalue weighted by molar-refractivity contribution is -0.745. The molecule has 0 aromatic carbocycles. The van der Waals surface area contributed by atoms with Crippen LogP contribution in [0.15, 0.2) is 34.9 Å². The van der Waals surface area contributed by atoms with Crippen LogP contribution in [0.3, 0.4) is 0 Å². The maximum Gasteiger partial charge on any atom is 0.490 e. The first-order valence-corrected chi connectivity index (χ1v) is 27.5. The molecule has 9 rings (SSSR count). The van der Waals surface area contributed by atoms with Gasteiger partial charge in [-0.25, -0.2) is 42.8 Å². The number of fused-ring (bicyclic) bond motifs is 3. The van der Waals surface area contributed by atoms with Crippen LogP contribution < -0.4 is 32.9 Å². The summed E-state index contributed by atoms with van der Waals surface area (Å²) in [5, 5.41) is 32.8. The van der Waals surface area contributed by atoms with E-state index >= 15 is 0 Å². The van der Waals surface area contributed by atoms with Gasteiger partial charge in [0.1, 0.15) is 66.8 Å². The molecule has 0 radical (unpaired) electrons. The van der Waals surface area contributed by atoms with E-state index in [-0.39, 0.29) is 51.2 Å². The second-order valence-corrected chi connectivity index (χ2v) is 22.7. The first-order chi connectivity index (χ1) is 35.7. The van der Waals surface area contributed by atoms with Gasteiger partial charge in [-0.3, -0.25) is 51.4 Å². The molecule has 15 N–H and O–H groups in total. The van der Waals surface area contributed by atoms with E-state index < -0.39 is 136 Å². The first kappa shape index (κ1) is 55.6. The van der Waals surface area contributed by atoms with Gasteiger partial charge in [0, 0.05) is 14.2 Å². The smallest absolute Gasteiger partial charge is 0.387 e. The van der Waals surface area contributed by atoms with E-state index in [2.05, 4.69) is 48.5 Å². The minimum Gasteiger partial charge on any atom is -0.387 e. The number of hydrogen-bond acceptors (Lipinski definition) is 29. The van der Waals surface area contributed by atoms with E-state index in [0.717, 1.165) is 37.8 Å². The van der Waals surface area contributed by atoms with Crippen molar-refractivity contribution < 1.29 is 108 Å². The Morgan fingerprint density at radius 2 is 1.22 bits per heavy atom. The van der Waals surface area contributed by atoms with Crippen LogP contribution in [0.1, 0.15) is 18.7 Å². The van der Waals surface area contributed by atoms with Crippen LogP contribution in [0.2, 0.25) is 0 Å². The highest BCUT2D eigenvalue weighted by atomic mass is 31.3. The zero-order chi connectivity index (χ0) is 55.0. The van der Waals surface area contributed by atoms with Gasteiger partial charge in [0.2, 0.25) is 17.7 Å². The molecular weight excluding hydrogens is 1110 g/mol. The molecule has 16 atom stereocenters. The normalized spacial score (nSPS) is 30.2. The van der Waals surface area contributed by atoms with Crippen molar-refractivity contribution in [3.05, 3.63) is 46.0 Å². The molecule has 7 unspecified atom stereocenters. The maximum atomic E-state index is 13.7. The zero-order valence-electron chi connectivity index (χ0n) is 38.9. The summed E-state index contributed by atoms with van der Waals surface area (Å²) in [6.07, 6.45) is -14.5. The molecule has 3 saturated heterocycles. The predicted octanol–water partition coefficient (Wildman–Crippen LogP) is -4.06. The summed E-state index contributed by atoms with van der Waals surface area (Å²) in [7, 11) is -19.7. The molecule has 6 aromatic heterocycles. The van der Waals surface area contributed by atoms with E-state index in [4.69, 9.17) is 59.0 Å². The van der Waals surface area contributed by atoms with E-state index in [9.17, 15) is 62.7 Å². The molecule has 0 saturated carbocycles. The lowest BCUT2D eigenvalue weighted by atomic mass is 10.1. The number of nitrogens with one attached hydrogen (secondary N) is 2. The molecule has 3 fully saturated rings. The third-order valence-electron chi connectivity index (χ3n) is 11.8. The summed E-state index contributed by atoms with van der Waals surface area (Å²) >= 11 is 0. The third-order valence-corrected chi connectivity index (χ3v) is 17.0. The van der Waals surface area contributed by atoms with Gasteiger partial charge in [0.05, 0.1) is 39.5 Å². The van der Waals surface area contributed by atoms with Crippen molar-refractivity contribution in [2.24, 2.45) is 7.05 Å². The highest BCUT2D eigenvalue weighted by Crippen LogP contribution is 2.68. The molecule has 39 nitrogen and oxygen atoms in total. The number of ether oxygens (including phenoxy) is 5. The highest BCUT2D eigenvalue weighted by molar-refractivity contribution is 7.66. The quantitative estimate of drug-likeness (QED) is 0.0256. The summed E-state index contributed by atoms with van der Waals surface area (Å²) < 4.78 is 115. The van der Waals surface area contributed by atoms with Gasteiger partial charge < -0.3 is 75.8 Å². The molecule has 9 heterocycles. The monoisotopic (exact) mass is 1160 g/mol. The van der Waals surface area contributed by atoms with E-state index in [0.29, 0.717) is 0 Å². The molecule has 0 bridgehead atoms. The topological polar surface area (TPSA) is 551 Å². The number of nitrogens with two attached hydrogens (primary N) is 3. The number of H-pyrrole nitrogens is 2. The van der Waals surface area contributed by atoms with Crippen LogP contribution in [0.25, 0.3) is 33.5 Å². The minimum atomic E-state index is -6.18. The summed E-state index contributed by atoms with van der Waals surface area (Å²) in [4.78, 5) is 96.1. The van der Waals surface area contributed by atoms with Crippen LogP contribution in [-0.4, -0.2) is 177 Å². The number of anilines is 3. The van der Waals surface area contributed by atoms with Crippen molar-refractivity contribution >= 4 is 82.5 Å². The summed E-state index contributed by atoms with van der Waals surface area (Å²) in [6, 6.07) is 0. The second-order valence-electron chi connectivity index (χ2n) is 16.7. The fourth-order valence-electron chi connectivity index (χ4n) is 8.57. The van der Waals surface area contributed by atoms with Crippen molar-refractivity contribution in [3.8, 4) is 0 Å². The van der Waals surface area contributed by atoms with Crippen molar-refractivity contribution in [2.75, 3.05) is 51.2 Å². The molecule has 0 aliphatic carbocycles. The number of aryl methyl sites for hydroxylation is 1. The highest BCUT2D eigenvalue weighted by Gasteiger charge is 2.54. The number of nitrogen functional groups attached to an aromatic ring is 3. The predicted molar refractivity (Wildman–Crippen MR) is 244 cm³/mol. The average Bonchev–Trinajstić information content (AvgIpc) is 4.20. The molecule has 416 valence electrons. The molecule has 0 spiro atoms. The summed E-state index contributed by atoms with van der Waals surface area (Å²) in [5.41, 5.74) is 15.6. The molecule has 76 heavy (non-hydrogen) atoms. The Hall–Kier alpha value is -5.15. The van der Waals surface area contributed by atoms with Crippen molar-refractivity contribution in [2.45, 2.75) is 73.6 Å². The second kappa shape index (κ2) is 20.9. The number of aliphatic hydroxyl groups is 3. The van der Waals surface area contributed by atoms with Gasteiger partial charge in [-0.05, 0) is 0 Å². The number of imidazole rings is 3. The van der Waals surface area contributed by atoms with Crippen LogP contribution in [0, 0.1) is 0 Å². The van der Waals surface area contributed by atoms with E-state index in [1.807, 2.05) is 0 Å². The van der Waals surface area contributed by atoms with Crippen molar-refractivity contribution in [1.82, 2.24) is 53.6 Å². The Kier molecular flexibility index (Phi) is 15.3. The number of nitrogens with zero attached hydrogens (tertiary/aromatic N) is 10. The van der Waals surface area contributed by atoms with Gasteiger partial charge >= 0.3 is 36.9 Å². The van der Waals surface area contributed by atoms with Crippen molar-refractivity contribution in [3.63, 3.8) is 0 Å². The lowest BCUT2D eigenvalue weighted by Crippen LogP contribution is -2.46. The Bertz CT molecular complexity index is 3490. The Morgan fingerprint density at radius 3 is 1.88 bits per heavy atom. The molecule has 6 aromatic rings. The summed E-state index contributed by atoms with van der Waals surface area (Å²) in [5.74, 6) is -0.671. The van der Waals surface area contributed by atoms with Crippen LogP contribution in [0.4, 0.5) is 17.7 Å². The van der Waals surface area contributed by atoms with E-state index in [1.165, 1.54) is 27.1 Å². The lowest BCUT2D eigenvalue weighted by Gasteiger charge is -2.26. The van der Waals surface area contributed by atoms with Gasteiger partial charge in [-0.1, -0.05) is 4.98 Å². The fourth-order valence-corrected chi connectivity index (χ4v) is 13.0. The Balaban J connectivity index is 0.866. The SMILES string of the molecule is CO[C@@H]1C(O)[C@H]([n+]2cn(C)c3c(=O)[nH]c(N)nc32)O[C@@H]1COP(=O)(O)OP(=O)(O)OP(=O)(O)OC[C@H]1O[C@@H](n2cnc3c(N)ncnc32)[C@@H](OC)C1OP(=O)(O)OC[C@H]1O[C@@H](n2cnc3c(=O)[nH]c(N)nc32)[C@@H](O)C1O. The molecule has 3 aliphatic rings. The third kappa shape index (κ3) is 11.0. The number of methoxy groups -OCH3 is 2. The number of phosphoric acid groups is 4. The molecule has 0 amide bonds.